The Hall–Kier alpha value is -1.63. The first kappa shape index (κ1) is 17.8. The van der Waals surface area contributed by atoms with Crippen LogP contribution in [0.3, 0.4) is 0 Å². The highest BCUT2D eigenvalue weighted by molar-refractivity contribution is 7.79. The summed E-state index contributed by atoms with van der Waals surface area (Å²) in [4.78, 5) is 11.3. The molecule has 0 amide bonds. The van der Waals surface area contributed by atoms with Crippen LogP contribution in [-0.4, -0.2) is 19.8 Å². The lowest BCUT2D eigenvalue weighted by atomic mass is 9.91. The summed E-state index contributed by atoms with van der Waals surface area (Å²) >= 11 is 16.6. The molecular weight excluding hydrogens is 419 g/mol. The van der Waals surface area contributed by atoms with Gasteiger partial charge >= 0.3 is 5.97 Å². The highest BCUT2D eigenvalue weighted by Crippen LogP contribution is 2.45. The number of halogens is 3. The topological polar surface area (TPSA) is 74.6 Å². The molecule has 0 spiro atoms. The van der Waals surface area contributed by atoms with Crippen LogP contribution in [0, 0.1) is 0 Å². The van der Waals surface area contributed by atoms with E-state index >= 15 is 0 Å². The van der Waals surface area contributed by atoms with Crippen molar-refractivity contribution in [3.05, 3.63) is 51.0 Å². The van der Waals surface area contributed by atoms with Gasteiger partial charge in [0.25, 0.3) is 0 Å². The first-order chi connectivity index (χ1) is 12.3. The van der Waals surface area contributed by atoms with Crippen molar-refractivity contribution >= 4 is 84.2 Å². The highest BCUT2D eigenvalue weighted by Gasteiger charge is 2.24. The molecule has 0 aliphatic heterocycles. The van der Waals surface area contributed by atoms with Gasteiger partial charge in [-0.25, -0.2) is 4.21 Å². The maximum absolute atomic E-state index is 11.9. The minimum absolute atomic E-state index is 0.0556. The third-order valence-electron chi connectivity index (χ3n) is 4.47. The molecule has 0 saturated heterocycles. The second-order valence-corrected chi connectivity index (χ2v) is 7.95. The standard InChI is InChI=1S/C18H9Cl3O4S/c19-12-6-13(20)9-3-4-10-15-7(1-2-8(12)16(9)15)11(5-14(22)23)18(17(10)21)26(24)25/h1-4,6H,5H2,(H,22,23)(H,24,25). The van der Waals surface area contributed by atoms with Crippen molar-refractivity contribution in [3.8, 4) is 0 Å². The van der Waals surface area contributed by atoms with Gasteiger partial charge in [0.15, 0.2) is 11.1 Å². The van der Waals surface area contributed by atoms with Crippen LogP contribution in [-0.2, 0) is 22.3 Å². The molecule has 2 N–H and O–H groups in total. The molecule has 1 atom stereocenters. The monoisotopic (exact) mass is 426 g/mol. The lowest BCUT2D eigenvalue weighted by Gasteiger charge is -2.18. The Kier molecular flexibility index (Phi) is 4.25. The van der Waals surface area contributed by atoms with E-state index < -0.39 is 23.5 Å². The van der Waals surface area contributed by atoms with Crippen molar-refractivity contribution in [2.75, 3.05) is 0 Å². The molecule has 4 aromatic carbocycles. The quantitative estimate of drug-likeness (QED) is 0.322. The fraction of sp³-hybridized carbons (Fsp3) is 0.0556. The molecular formula is C18H9Cl3O4S. The Morgan fingerprint density at radius 3 is 1.96 bits per heavy atom. The van der Waals surface area contributed by atoms with Gasteiger partial charge in [0.2, 0.25) is 0 Å². The van der Waals surface area contributed by atoms with Gasteiger partial charge in [-0.05, 0) is 22.4 Å². The SMILES string of the molecule is O=C(O)Cc1c(S(=O)O)c(Cl)c2ccc3c(Cl)cc(Cl)c4ccc1c2c34. The zero-order valence-corrected chi connectivity index (χ0v) is 15.9. The molecule has 0 aliphatic carbocycles. The maximum atomic E-state index is 11.9. The van der Waals surface area contributed by atoms with Gasteiger partial charge in [0, 0.05) is 31.6 Å². The van der Waals surface area contributed by atoms with E-state index in [-0.39, 0.29) is 15.5 Å². The van der Waals surface area contributed by atoms with E-state index in [0.717, 1.165) is 16.2 Å². The third-order valence-corrected chi connectivity index (χ3v) is 6.40. The van der Waals surface area contributed by atoms with Crippen molar-refractivity contribution in [1.29, 1.82) is 0 Å². The van der Waals surface area contributed by atoms with E-state index in [2.05, 4.69) is 0 Å². The zero-order chi connectivity index (χ0) is 18.7. The summed E-state index contributed by atoms with van der Waals surface area (Å²) in [5.74, 6) is -1.13. The van der Waals surface area contributed by atoms with E-state index in [4.69, 9.17) is 34.8 Å². The van der Waals surface area contributed by atoms with E-state index in [1.165, 1.54) is 0 Å². The molecule has 4 aromatic rings. The number of carboxylic acids is 1. The summed E-state index contributed by atoms with van der Waals surface area (Å²) in [6, 6.07) is 8.60. The maximum Gasteiger partial charge on any atom is 0.307 e. The summed E-state index contributed by atoms with van der Waals surface area (Å²) in [6.45, 7) is 0. The van der Waals surface area contributed by atoms with Crippen LogP contribution in [0.15, 0.2) is 35.2 Å². The summed E-state index contributed by atoms with van der Waals surface area (Å²) in [5.41, 5.74) is 0.210. The van der Waals surface area contributed by atoms with Gasteiger partial charge in [-0.3, -0.25) is 4.79 Å². The van der Waals surface area contributed by atoms with E-state index in [1.807, 2.05) is 0 Å². The van der Waals surface area contributed by atoms with Crippen LogP contribution >= 0.6 is 34.8 Å². The molecule has 4 rings (SSSR count). The lowest BCUT2D eigenvalue weighted by molar-refractivity contribution is -0.136. The van der Waals surface area contributed by atoms with Gasteiger partial charge in [-0.15, -0.1) is 0 Å². The molecule has 0 radical (unpaired) electrons. The second-order valence-electron chi connectivity index (χ2n) is 5.85. The molecule has 0 bridgehead atoms. The van der Waals surface area contributed by atoms with Crippen LogP contribution < -0.4 is 0 Å². The van der Waals surface area contributed by atoms with Crippen LogP contribution in [0.1, 0.15) is 5.56 Å². The molecule has 132 valence electrons. The van der Waals surface area contributed by atoms with Crippen LogP contribution in [0.5, 0.6) is 0 Å². The number of rotatable bonds is 3. The number of aliphatic carboxylic acids is 1. The summed E-state index contributed by atoms with van der Waals surface area (Å²) < 4.78 is 21.6. The first-order valence-corrected chi connectivity index (χ1v) is 9.64. The van der Waals surface area contributed by atoms with Crippen molar-refractivity contribution in [1.82, 2.24) is 0 Å². The molecule has 0 aromatic heterocycles. The Balaban J connectivity index is 2.35. The minimum Gasteiger partial charge on any atom is -0.481 e. The van der Waals surface area contributed by atoms with Gasteiger partial charge in [-0.2, -0.15) is 0 Å². The zero-order valence-electron chi connectivity index (χ0n) is 12.8. The van der Waals surface area contributed by atoms with Crippen LogP contribution in [0.25, 0.3) is 32.3 Å². The Morgan fingerprint density at radius 1 is 0.923 bits per heavy atom. The number of carboxylic acid groups (broad SMARTS) is 1. The predicted molar refractivity (Wildman–Crippen MR) is 106 cm³/mol. The van der Waals surface area contributed by atoms with Gasteiger partial charge in [-0.1, -0.05) is 59.1 Å². The van der Waals surface area contributed by atoms with Crippen LogP contribution in [0.2, 0.25) is 15.1 Å². The number of hydrogen-bond acceptors (Lipinski definition) is 2. The molecule has 0 saturated carbocycles. The minimum atomic E-state index is -2.44. The number of benzene rings is 4. The van der Waals surface area contributed by atoms with Gasteiger partial charge in [0.1, 0.15) is 0 Å². The van der Waals surface area contributed by atoms with Crippen LogP contribution in [0.4, 0.5) is 0 Å². The Morgan fingerprint density at radius 2 is 1.42 bits per heavy atom. The second kappa shape index (κ2) is 6.22. The largest absolute Gasteiger partial charge is 0.481 e. The number of carbonyl (C=O) groups is 1. The van der Waals surface area contributed by atoms with E-state index in [9.17, 15) is 18.7 Å². The Labute approximate surface area is 164 Å². The smallest absolute Gasteiger partial charge is 0.307 e. The Bertz CT molecular complexity index is 1230. The molecule has 1 unspecified atom stereocenters. The van der Waals surface area contributed by atoms with Crippen molar-refractivity contribution in [2.24, 2.45) is 0 Å². The average molecular weight is 428 g/mol. The normalized spacial score (nSPS) is 13.1. The predicted octanol–water partition coefficient (Wildman–Crippen LogP) is 5.75. The fourth-order valence-electron chi connectivity index (χ4n) is 3.48. The lowest BCUT2D eigenvalue weighted by Crippen LogP contribution is -2.07. The van der Waals surface area contributed by atoms with Gasteiger partial charge in [0.05, 0.1) is 16.3 Å². The van der Waals surface area contributed by atoms with E-state index in [0.29, 0.717) is 26.2 Å². The molecule has 8 heteroatoms. The highest BCUT2D eigenvalue weighted by atomic mass is 35.5. The summed E-state index contributed by atoms with van der Waals surface area (Å²) in [5, 5.41) is 14.3. The molecule has 0 aliphatic rings. The van der Waals surface area contributed by atoms with Gasteiger partial charge < -0.3 is 9.66 Å². The first-order valence-electron chi connectivity index (χ1n) is 7.40. The molecule has 0 fully saturated rings. The summed E-state index contributed by atoms with van der Waals surface area (Å²) in [6.07, 6.45) is -0.434. The molecule has 0 heterocycles. The fourth-order valence-corrected chi connectivity index (χ4v) is 5.20. The summed E-state index contributed by atoms with van der Waals surface area (Å²) in [7, 11) is 0. The average Bonchev–Trinajstić information content (AvgIpc) is 2.56. The van der Waals surface area contributed by atoms with Crippen molar-refractivity contribution in [3.63, 3.8) is 0 Å². The number of hydrogen-bond donors (Lipinski definition) is 2. The van der Waals surface area contributed by atoms with Crippen molar-refractivity contribution < 1.29 is 18.7 Å². The molecule has 26 heavy (non-hydrogen) atoms. The molecule has 4 nitrogen and oxygen atoms in total. The third kappa shape index (κ3) is 2.47. The van der Waals surface area contributed by atoms with E-state index in [1.54, 1.807) is 30.3 Å². The van der Waals surface area contributed by atoms with Crippen molar-refractivity contribution in [2.45, 2.75) is 11.3 Å².